The number of furan rings is 1. The molecule has 2 heteroatoms. The molecule has 1 atom stereocenters. The fraction of sp³-hybridized carbons (Fsp3) is 0.333. The first-order valence-electron chi connectivity index (χ1n) is 6.10. The van der Waals surface area contributed by atoms with Crippen LogP contribution in [-0.2, 0) is 6.42 Å². The van der Waals surface area contributed by atoms with Crippen molar-refractivity contribution in [2.75, 3.05) is 5.32 Å². The maximum Gasteiger partial charge on any atom is 0.125 e. The molecular formula is C15H19NO. The van der Waals surface area contributed by atoms with E-state index in [0.29, 0.717) is 0 Å². The van der Waals surface area contributed by atoms with E-state index in [2.05, 4.69) is 44.3 Å². The smallest absolute Gasteiger partial charge is 0.125 e. The van der Waals surface area contributed by atoms with E-state index in [1.807, 2.05) is 12.1 Å². The molecule has 1 N–H and O–H groups in total. The van der Waals surface area contributed by atoms with Crippen LogP contribution in [0.15, 0.2) is 41.0 Å². The minimum Gasteiger partial charge on any atom is -0.467 e. The molecule has 2 rings (SSSR count). The van der Waals surface area contributed by atoms with Crippen LogP contribution in [0.3, 0.4) is 0 Å². The number of aryl methyl sites for hydroxylation is 2. The molecule has 17 heavy (non-hydrogen) atoms. The van der Waals surface area contributed by atoms with E-state index >= 15 is 0 Å². The van der Waals surface area contributed by atoms with Crippen molar-refractivity contribution < 1.29 is 4.42 Å². The van der Waals surface area contributed by atoms with Crippen molar-refractivity contribution in [2.24, 2.45) is 0 Å². The maximum absolute atomic E-state index is 5.42. The summed E-state index contributed by atoms with van der Waals surface area (Å²) in [5.74, 6) is 0.968. The van der Waals surface area contributed by atoms with Gasteiger partial charge in [0.25, 0.3) is 0 Å². The Labute approximate surface area is 103 Å². The SMILES string of the molecule is CCc1cccc(C)c1NC(C)c1ccco1. The Morgan fingerprint density at radius 3 is 2.71 bits per heavy atom. The summed E-state index contributed by atoms with van der Waals surface area (Å²) < 4.78 is 5.42. The summed E-state index contributed by atoms with van der Waals surface area (Å²) >= 11 is 0. The van der Waals surface area contributed by atoms with Gasteiger partial charge in [0, 0.05) is 5.69 Å². The van der Waals surface area contributed by atoms with Crippen LogP contribution < -0.4 is 5.32 Å². The lowest BCUT2D eigenvalue weighted by Crippen LogP contribution is -2.08. The average molecular weight is 229 g/mol. The normalized spacial score (nSPS) is 12.4. The quantitative estimate of drug-likeness (QED) is 0.844. The summed E-state index contributed by atoms with van der Waals surface area (Å²) in [4.78, 5) is 0. The Bertz CT molecular complexity index is 474. The largest absolute Gasteiger partial charge is 0.467 e. The van der Waals surface area contributed by atoms with Crippen LogP contribution in [0.25, 0.3) is 0 Å². The molecule has 2 nitrogen and oxygen atoms in total. The average Bonchev–Trinajstić information content (AvgIpc) is 2.85. The highest BCUT2D eigenvalue weighted by atomic mass is 16.3. The number of hydrogen-bond acceptors (Lipinski definition) is 2. The van der Waals surface area contributed by atoms with E-state index < -0.39 is 0 Å². The van der Waals surface area contributed by atoms with Crippen molar-refractivity contribution in [2.45, 2.75) is 33.2 Å². The number of para-hydroxylation sites is 1. The molecule has 0 spiro atoms. The minimum atomic E-state index is 0.191. The van der Waals surface area contributed by atoms with Gasteiger partial charge < -0.3 is 9.73 Å². The molecule has 0 aliphatic heterocycles. The number of nitrogens with one attached hydrogen (secondary N) is 1. The lowest BCUT2D eigenvalue weighted by molar-refractivity contribution is 0.490. The molecule has 2 aromatic rings. The molecule has 0 aliphatic carbocycles. The minimum absolute atomic E-state index is 0.191. The molecule has 0 saturated carbocycles. The summed E-state index contributed by atoms with van der Waals surface area (Å²) in [6.45, 7) is 6.43. The van der Waals surface area contributed by atoms with E-state index in [9.17, 15) is 0 Å². The van der Waals surface area contributed by atoms with Gasteiger partial charge in [-0.15, -0.1) is 0 Å². The van der Waals surface area contributed by atoms with Gasteiger partial charge >= 0.3 is 0 Å². The van der Waals surface area contributed by atoms with Crippen molar-refractivity contribution in [3.05, 3.63) is 53.5 Å². The van der Waals surface area contributed by atoms with E-state index in [1.165, 1.54) is 16.8 Å². The molecule has 90 valence electrons. The van der Waals surface area contributed by atoms with Gasteiger partial charge in [-0.1, -0.05) is 25.1 Å². The fourth-order valence-corrected chi connectivity index (χ4v) is 2.05. The number of benzene rings is 1. The summed E-state index contributed by atoms with van der Waals surface area (Å²) in [5.41, 5.74) is 3.87. The van der Waals surface area contributed by atoms with Gasteiger partial charge in [0.05, 0.1) is 12.3 Å². The van der Waals surface area contributed by atoms with Crippen molar-refractivity contribution in [1.82, 2.24) is 0 Å². The van der Waals surface area contributed by atoms with Crippen LogP contribution in [-0.4, -0.2) is 0 Å². The molecule has 1 heterocycles. The second-order valence-electron chi connectivity index (χ2n) is 4.34. The lowest BCUT2D eigenvalue weighted by Gasteiger charge is -2.18. The van der Waals surface area contributed by atoms with E-state index in [-0.39, 0.29) is 6.04 Å². The zero-order valence-electron chi connectivity index (χ0n) is 10.7. The maximum atomic E-state index is 5.42. The fourth-order valence-electron chi connectivity index (χ4n) is 2.05. The first-order valence-corrected chi connectivity index (χ1v) is 6.10. The van der Waals surface area contributed by atoms with Crippen LogP contribution in [0.5, 0.6) is 0 Å². The lowest BCUT2D eigenvalue weighted by atomic mass is 10.0. The molecule has 0 aliphatic rings. The predicted molar refractivity (Wildman–Crippen MR) is 71.3 cm³/mol. The van der Waals surface area contributed by atoms with Crippen molar-refractivity contribution >= 4 is 5.69 Å². The van der Waals surface area contributed by atoms with Crippen LogP contribution in [0.2, 0.25) is 0 Å². The molecule has 1 aromatic heterocycles. The first kappa shape index (κ1) is 11.8. The Hall–Kier alpha value is -1.70. The molecule has 0 saturated heterocycles. The zero-order valence-corrected chi connectivity index (χ0v) is 10.7. The highest BCUT2D eigenvalue weighted by Gasteiger charge is 2.11. The van der Waals surface area contributed by atoms with Crippen LogP contribution in [0, 0.1) is 6.92 Å². The second kappa shape index (κ2) is 5.09. The molecular weight excluding hydrogens is 210 g/mol. The topological polar surface area (TPSA) is 25.2 Å². The Balaban J connectivity index is 2.24. The highest BCUT2D eigenvalue weighted by Crippen LogP contribution is 2.26. The monoisotopic (exact) mass is 229 g/mol. The molecule has 0 radical (unpaired) electrons. The van der Waals surface area contributed by atoms with Crippen molar-refractivity contribution in [1.29, 1.82) is 0 Å². The Morgan fingerprint density at radius 1 is 1.24 bits per heavy atom. The molecule has 0 bridgehead atoms. The van der Waals surface area contributed by atoms with Gasteiger partial charge in [-0.2, -0.15) is 0 Å². The third-order valence-corrected chi connectivity index (χ3v) is 3.07. The molecule has 0 amide bonds. The summed E-state index contributed by atoms with van der Waals surface area (Å²) in [6, 6.07) is 10.5. The number of anilines is 1. The third-order valence-electron chi connectivity index (χ3n) is 3.07. The molecule has 1 aromatic carbocycles. The van der Waals surface area contributed by atoms with Gasteiger partial charge in [-0.3, -0.25) is 0 Å². The zero-order chi connectivity index (χ0) is 12.3. The Kier molecular flexibility index (Phi) is 3.52. The van der Waals surface area contributed by atoms with E-state index in [0.717, 1.165) is 12.2 Å². The summed E-state index contributed by atoms with van der Waals surface area (Å²) in [5, 5.41) is 3.54. The van der Waals surface area contributed by atoms with Crippen LogP contribution in [0.1, 0.15) is 36.8 Å². The third kappa shape index (κ3) is 2.52. The Morgan fingerprint density at radius 2 is 2.06 bits per heavy atom. The van der Waals surface area contributed by atoms with E-state index in [1.54, 1.807) is 6.26 Å². The molecule has 1 unspecified atom stereocenters. The van der Waals surface area contributed by atoms with Crippen molar-refractivity contribution in [3.63, 3.8) is 0 Å². The van der Waals surface area contributed by atoms with Gasteiger partial charge in [-0.25, -0.2) is 0 Å². The van der Waals surface area contributed by atoms with Gasteiger partial charge in [0.15, 0.2) is 0 Å². The number of rotatable bonds is 4. The van der Waals surface area contributed by atoms with Gasteiger partial charge in [-0.05, 0) is 43.5 Å². The van der Waals surface area contributed by atoms with E-state index in [4.69, 9.17) is 4.42 Å². The number of hydrogen-bond donors (Lipinski definition) is 1. The highest BCUT2D eigenvalue weighted by molar-refractivity contribution is 5.58. The first-order chi connectivity index (χ1) is 8.22. The second-order valence-corrected chi connectivity index (χ2v) is 4.34. The molecule has 0 fully saturated rings. The van der Waals surface area contributed by atoms with Gasteiger partial charge in [0.2, 0.25) is 0 Å². The predicted octanol–water partition coefficient (Wildman–Crippen LogP) is 4.32. The van der Waals surface area contributed by atoms with Crippen molar-refractivity contribution in [3.8, 4) is 0 Å². The van der Waals surface area contributed by atoms with Gasteiger partial charge in [0.1, 0.15) is 5.76 Å². The van der Waals surface area contributed by atoms with Crippen LogP contribution >= 0.6 is 0 Å². The van der Waals surface area contributed by atoms with Crippen LogP contribution in [0.4, 0.5) is 5.69 Å². The summed E-state index contributed by atoms with van der Waals surface area (Å²) in [6.07, 6.45) is 2.75. The standard InChI is InChI=1S/C15H19NO/c1-4-13-8-5-7-11(2)15(13)16-12(3)14-9-6-10-17-14/h5-10,12,16H,4H2,1-3H3. The summed E-state index contributed by atoms with van der Waals surface area (Å²) in [7, 11) is 0.